The lowest BCUT2D eigenvalue weighted by molar-refractivity contribution is -0.135. The monoisotopic (exact) mass is 394 g/mol. The van der Waals surface area contributed by atoms with Crippen molar-refractivity contribution in [3.63, 3.8) is 0 Å². The quantitative estimate of drug-likeness (QED) is 0.568. The molecule has 2 heterocycles. The van der Waals surface area contributed by atoms with Crippen LogP contribution in [-0.2, 0) is 14.3 Å². The average Bonchev–Trinajstić information content (AvgIpc) is 2.91. The summed E-state index contributed by atoms with van der Waals surface area (Å²) in [5.74, 6) is -0.545. The second-order valence-electron chi connectivity index (χ2n) is 5.95. The first-order valence-corrected chi connectivity index (χ1v) is 9.64. The smallest absolute Gasteiger partial charge is 0.266 e. The molecule has 0 aromatic heterocycles. The Balaban J connectivity index is 1.56. The highest BCUT2D eigenvalue weighted by atomic mass is 32.2. The number of thioether (sulfide) groups is 1. The third kappa shape index (κ3) is 4.49. The van der Waals surface area contributed by atoms with Crippen LogP contribution >= 0.6 is 24.0 Å². The van der Waals surface area contributed by atoms with Crippen LogP contribution in [0.1, 0.15) is 18.4 Å². The molecule has 2 aliphatic heterocycles. The lowest BCUT2D eigenvalue weighted by Gasteiger charge is -2.27. The minimum Gasteiger partial charge on any atom is -0.378 e. The number of carbonyl (C=O) groups excluding carboxylic acids is 2. The number of hydrogen-bond acceptors (Lipinski definition) is 5. The first kappa shape index (κ1) is 19.0. The molecule has 0 spiro atoms. The summed E-state index contributed by atoms with van der Waals surface area (Å²) in [4.78, 5) is 28.3. The van der Waals surface area contributed by atoms with E-state index < -0.39 is 0 Å². The minimum atomic E-state index is -0.381. The summed E-state index contributed by atoms with van der Waals surface area (Å²) in [7, 11) is 0. The van der Waals surface area contributed by atoms with Gasteiger partial charge in [-0.05, 0) is 18.6 Å². The fourth-order valence-electron chi connectivity index (χ4n) is 2.79. The number of carbonyl (C=O) groups is 2. The summed E-state index contributed by atoms with van der Waals surface area (Å²) in [5, 5.41) is 0. The molecule has 2 aliphatic rings. The number of halogens is 1. The molecule has 1 aromatic carbocycles. The molecule has 5 nitrogen and oxygen atoms in total. The Bertz CT molecular complexity index is 748. The van der Waals surface area contributed by atoms with Crippen LogP contribution < -0.4 is 0 Å². The zero-order valence-electron chi connectivity index (χ0n) is 14.2. The van der Waals surface area contributed by atoms with E-state index in [1.807, 2.05) is 0 Å². The lowest BCUT2D eigenvalue weighted by Crippen LogP contribution is -2.41. The Morgan fingerprint density at radius 3 is 2.77 bits per heavy atom. The third-order valence-electron chi connectivity index (χ3n) is 4.20. The fraction of sp³-hybridized carbons (Fsp3) is 0.389. The molecule has 3 rings (SSSR count). The van der Waals surface area contributed by atoms with Gasteiger partial charge < -0.3 is 9.64 Å². The maximum absolute atomic E-state index is 13.8. The molecular weight excluding hydrogens is 375 g/mol. The normalized spacial score (nSPS) is 19.5. The van der Waals surface area contributed by atoms with Crippen molar-refractivity contribution in [3.05, 3.63) is 40.6 Å². The summed E-state index contributed by atoms with van der Waals surface area (Å²) in [5.41, 5.74) is 0.357. The van der Waals surface area contributed by atoms with Crippen LogP contribution in [0.25, 0.3) is 6.08 Å². The molecule has 0 saturated carbocycles. The topological polar surface area (TPSA) is 49.9 Å². The molecule has 1 aromatic rings. The maximum Gasteiger partial charge on any atom is 0.266 e. The number of nitrogens with zero attached hydrogens (tertiary/aromatic N) is 2. The van der Waals surface area contributed by atoms with Gasteiger partial charge in [-0.15, -0.1) is 0 Å². The minimum absolute atomic E-state index is 0.0700. The molecule has 0 unspecified atom stereocenters. The average molecular weight is 394 g/mol. The molecule has 8 heteroatoms. The van der Waals surface area contributed by atoms with Crippen LogP contribution in [0, 0.1) is 5.82 Å². The summed E-state index contributed by atoms with van der Waals surface area (Å²) in [6.45, 7) is 2.76. The Morgan fingerprint density at radius 1 is 1.31 bits per heavy atom. The van der Waals surface area contributed by atoms with Crippen LogP contribution in [0.2, 0.25) is 0 Å². The molecule has 2 amide bonds. The first-order valence-electron chi connectivity index (χ1n) is 8.41. The van der Waals surface area contributed by atoms with Gasteiger partial charge in [0.05, 0.1) is 18.1 Å². The van der Waals surface area contributed by atoms with Crippen molar-refractivity contribution in [3.8, 4) is 0 Å². The summed E-state index contributed by atoms with van der Waals surface area (Å²) in [6, 6.07) is 6.28. The Hall–Kier alpha value is -1.77. The number of rotatable bonds is 5. The SMILES string of the molecule is O=C(CCCN1C(=O)/C(=C/c2ccccc2F)SC1=S)N1CCOCC1. The van der Waals surface area contributed by atoms with E-state index in [9.17, 15) is 14.0 Å². The molecule has 0 radical (unpaired) electrons. The molecule has 2 fully saturated rings. The van der Waals surface area contributed by atoms with Gasteiger partial charge in [-0.3, -0.25) is 14.5 Å². The largest absolute Gasteiger partial charge is 0.378 e. The van der Waals surface area contributed by atoms with Crippen molar-refractivity contribution in [2.24, 2.45) is 0 Å². The van der Waals surface area contributed by atoms with Crippen molar-refractivity contribution >= 4 is 46.2 Å². The predicted octanol–water partition coefficient (Wildman–Crippen LogP) is 2.67. The number of hydrogen-bond donors (Lipinski definition) is 0. The van der Waals surface area contributed by atoms with E-state index in [0.717, 1.165) is 11.8 Å². The van der Waals surface area contributed by atoms with Gasteiger partial charge >= 0.3 is 0 Å². The molecule has 0 atom stereocenters. The van der Waals surface area contributed by atoms with Crippen LogP contribution in [0.5, 0.6) is 0 Å². The van der Waals surface area contributed by atoms with Crippen molar-refractivity contribution < 1.29 is 18.7 Å². The van der Waals surface area contributed by atoms with Gasteiger partial charge in [0, 0.05) is 31.6 Å². The van der Waals surface area contributed by atoms with Crippen LogP contribution in [0.4, 0.5) is 4.39 Å². The van der Waals surface area contributed by atoms with E-state index >= 15 is 0 Å². The molecular formula is C18H19FN2O3S2. The Morgan fingerprint density at radius 2 is 2.04 bits per heavy atom. The van der Waals surface area contributed by atoms with Crippen LogP contribution in [0.15, 0.2) is 29.2 Å². The number of benzene rings is 1. The van der Waals surface area contributed by atoms with Gasteiger partial charge in [0.1, 0.15) is 10.1 Å². The number of ether oxygens (including phenoxy) is 1. The lowest BCUT2D eigenvalue weighted by atomic mass is 10.2. The van der Waals surface area contributed by atoms with E-state index in [-0.39, 0.29) is 17.6 Å². The van der Waals surface area contributed by atoms with Crippen molar-refractivity contribution in [2.45, 2.75) is 12.8 Å². The first-order chi connectivity index (χ1) is 12.6. The number of morpholine rings is 1. The van der Waals surface area contributed by atoms with E-state index in [1.54, 1.807) is 23.1 Å². The summed E-state index contributed by atoms with van der Waals surface area (Å²) in [6.07, 6.45) is 2.42. The highest BCUT2D eigenvalue weighted by Crippen LogP contribution is 2.33. The molecule has 138 valence electrons. The van der Waals surface area contributed by atoms with Crippen molar-refractivity contribution in [1.82, 2.24) is 9.80 Å². The zero-order chi connectivity index (χ0) is 18.5. The van der Waals surface area contributed by atoms with Crippen LogP contribution in [0.3, 0.4) is 0 Å². The van der Waals surface area contributed by atoms with Gasteiger partial charge in [0.25, 0.3) is 5.91 Å². The maximum atomic E-state index is 13.8. The second-order valence-corrected chi connectivity index (χ2v) is 7.63. The highest BCUT2D eigenvalue weighted by molar-refractivity contribution is 8.26. The molecule has 0 aliphatic carbocycles. The van der Waals surface area contributed by atoms with Gasteiger partial charge in [-0.1, -0.05) is 42.2 Å². The molecule has 0 N–H and O–H groups in total. The van der Waals surface area contributed by atoms with Gasteiger partial charge in [-0.2, -0.15) is 0 Å². The predicted molar refractivity (Wildman–Crippen MR) is 103 cm³/mol. The third-order valence-corrected chi connectivity index (χ3v) is 5.58. The summed E-state index contributed by atoms with van der Waals surface area (Å²) < 4.78 is 19.4. The van der Waals surface area contributed by atoms with Crippen molar-refractivity contribution in [1.29, 1.82) is 0 Å². The molecule has 2 saturated heterocycles. The van der Waals surface area contributed by atoms with Gasteiger partial charge in [0.15, 0.2) is 0 Å². The zero-order valence-corrected chi connectivity index (χ0v) is 15.8. The summed E-state index contributed by atoms with van der Waals surface area (Å²) >= 11 is 6.43. The molecule has 0 bridgehead atoms. The number of amides is 2. The van der Waals surface area contributed by atoms with E-state index in [2.05, 4.69) is 0 Å². The van der Waals surface area contributed by atoms with Gasteiger partial charge in [-0.25, -0.2) is 4.39 Å². The Labute approximate surface area is 161 Å². The van der Waals surface area contributed by atoms with E-state index in [1.165, 1.54) is 17.0 Å². The molecule has 26 heavy (non-hydrogen) atoms. The fourth-order valence-corrected chi connectivity index (χ4v) is 4.08. The van der Waals surface area contributed by atoms with E-state index in [4.69, 9.17) is 17.0 Å². The van der Waals surface area contributed by atoms with E-state index in [0.29, 0.717) is 60.5 Å². The second kappa shape index (κ2) is 8.75. The Kier molecular flexibility index (Phi) is 6.39. The standard InChI is InChI=1S/C18H19FN2O3S2/c19-14-5-2-1-4-13(14)12-15-17(23)21(18(25)26-15)7-3-6-16(22)20-8-10-24-11-9-20/h1-2,4-5,12H,3,6-11H2/b15-12-. The van der Waals surface area contributed by atoms with Crippen molar-refractivity contribution in [2.75, 3.05) is 32.8 Å². The highest BCUT2D eigenvalue weighted by Gasteiger charge is 2.32. The van der Waals surface area contributed by atoms with Crippen LogP contribution in [-0.4, -0.2) is 58.8 Å². The van der Waals surface area contributed by atoms with Gasteiger partial charge in [0.2, 0.25) is 5.91 Å². The number of thiocarbonyl (C=S) groups is 1.